The van der Waals surface area contributed by atoms with Crippen molar-refractivity contribution in [2.24, 2.45) is 5.92 Å². The van der Waals surface area contributed by atoms with Gasteiger partial charge in [0.15, 0.2) is 5.82 Å². The molecular formula is C29H43N7O. The molecule has 0 saturated carbocycles. The molecule has 2 bridgehead atoms. The molecular weight excluding hydrogens is 462 g/mol. The molecule has 2 aliphatic rings. The van der Waals surface area contributed by atoms with Gasteiger partial charge in [0.05, 0.1) is 19.2 Å². The van der Waals surface area contributed by atoms with Gasteiger partial charge in [-0.15, -0.1) is 0 Å². The van der Waals surface area contributed by atoms with Crippen molar-refractivity contribution in [3.8, 4) is 5.75 Å². The van der Waals surface area contributed by atoms with Crippen LogP contribution in [0.25, 0.3) is 11.0 Å². The van der Waals surface area contributed by atoms with Gasteiger partial charge in [-0.05, 0) is 49.9 Å². The molecule has 2 saturated heterocycles. The topological polar surface area (TPSA) is 84.5 Å². The van der Waals surface area contributed by atoms with Crippen LogP contribution in [0.15, 0.2) is 30.5 Å². The van der Waals surface area contributed by atoms with Gasteiger partial charge in [-0.2, -0.15) is 4.98 Å². The SMILES string of the molecule is CCCCCNc1nc(N)nc2ccn(Cc3ccc(CN4CC5CCCC(C4)N(C)C5)cc3OC)c12. The number of anilines is 2. The molecule has 8 nitrogen and oxygen atoms in total. The van der Waals surface area contributed by atoms with Crippen LogP contribution in [0.3, 0.4) is 0 Å². The number of hydrogen-bond donors (Lipinski definition) is 2. The van der Waals surface area contributed by atoms with Crippen LogP contribution in [0, 0.1) is 5.92 Å². The van der Waals surface area contributed by atoms with Crippen LogP contribution < -0.4 is 15.8 Å². The van der Waals surface area contributed by atoms with Crippen LogP contribution >= 0.6 is 0 Å². The molecule has 0 amide bonds. The van der Waals surface area contributed by atoms with Gasteiger partial charge in [-0.25, -0.2) is 4.98 Å². The standard InChI is InChI=1S/C29H43N7O/c1-4-5-6-13-31-28-27-25(32-29(30)33-28)12-14-36(27)19-23-11-10-21(15-26(23)37-3)17-35-18-22-8-7-9-24(20-35)34(2)16-22/h10-12,14-15,22,24H,4-9,13,16-20H2,1-3H3,(H3,30,31,32,33). The van der Waals surface area contributed by atoms with E-state index in [-0.39, 0.29) is 0 Å². The fourth-order valence-electron chi connectivity index (χ4n) is 6.18. The number of hydrogen-bond acceptors (Lipinski definition) is 7. The number of benzene rings is 1. The minimum Gasteiger partial charge on any atom is -0.496 e. The molecule has 200 valence electrons. The maximum Gasteiger partial charge on any atom is 0.222 e. The van der Waals surface area contributed by atoms with Gasteiger partial charge >= 0.3 is 0 Å². The van der Waals surface area contributed by atoms with Crippen molar-refractivity contribution >= 4 is 22.8 Å². The lowest BCUT2D eigenvalue weighted by atomic mass is 9.99. The maximum atomic E-state index is 6.00. The van der Waals surface area contributed by atoms with E-state index in [9.17, 15) is 0 Å². The van der Waals surface area contributed by atoms with Crippen molar-refractivity contribution in [1.29, 1.82) is 0 Å². The van der Waals surface area contributed by atoms with Gasteiger partial charge in [0, 0.05) is 50.5 Å². The summed E-state index contributed by atoms with van der Waals surface area (Å²) in [5, 5.41) is 3.49. The number of aromatic nitrogens is 3. The van der Waals surface area contributed by atoms with E-state index >= 15 is 0 Å². The predicted molar refractivity (Wildman–Crippen MR) is 151 cm³/mol. The van der Waals surface area contributed by atoms with Gasteiger partial charge < -0.3 is 25.3 Å². The number of nitrogens with zero attached hydrogens (tertiary/aromatic N) is 5. The molecule has 5 rings (SSSR count). The minimum absolute atomic E-state index is 0.300. The quantitative estimate of drug-likeness (QED) is 0.390. The van der Waals surface area contributed by atoms with Gasteiger partial charge in [-0.1, -0.05) is 38.3 Å². The Bertz CT molecular complexity index is 1190. The number of likely N-dealkylation sites (N-methyl/N-ethyl adjacent to an activating group) is 1. The monoisotopic (exact) mass is 505 g/mol. The summed E-state index contributed by atoms with van der Waals surface area (Å²) in [6.45, 7) is 8.32. The lowest BCUT2D eigenvalue weighted by molar-refractivity contribution is 0.187. The zero-order valence-electron chi connectivity index (χ0n) is 22.7. The second-order valence-corrected chi connectivity index (χ2v) is 11.0. The first-order valence-corrected chi connectivity index (χ1v) is 14.0. The van der Waals surface area contributed by atoms with Gasteiger partial charge in [0.25, 0.3) is 0 Å². The molecule has 4 heterocycles. The largest absolute Gasteiger partial charge is 0.496 e. The van der Waals surface area contributed by atoms with Gasteiger partial charge in [0.2, 0.25) is 5.95 Å². The zero-order chi connectivity index (χ0) is 25.8. The highest BCUT2D eigenvalue weighted by Crippen LogP contribution is 2.29. The fourth-order valence-corrected chi connectivity index (χ4v) is 6.18. The van der Waals surface area contributed by atoms with Crippen molar-refractivity contribution in [1.82, 2.24) is 24.3 Å². The summed E-state index contributed by atoms with van der Waals surface area (Å²) in [6, 6.07) is 9.41. The lowest BCUT2D eigenvalue weighted by Crippen LogP contribution is -2.38. The van der Waals surface area contributed by atoms with Crippen molar-refractivity contribution < 1.29 is 4.74 Å². The molecule has 3 aromatic rings. The Morgan fingerprint density at radius 1 is 1.08 bits per heavy atom. The summed E-state index contributed by atoms with van der Waals surface area (Å²) in [4.78, 5) is 14.2. The van der Waals surface area contributed by atoms with E-state index in [4.69, 9.17) is 10.5 Å². The molecule has 1 aromatic carbocycles. The number of nitrogen functional groups attached to an aromatic ring is 1. The number of nitrogens with one attached hydrogen (secondary N) is 1. The predicted octanol–water partition coefficient (Wildman–Crippen LogP) is 4.59. The van der Waals surface area contributed by atoms with Crippen LogP contribution in [-0.4, -0.2) is 70.7 Å². The number of ether oxygens (including phenoxy) is 1. The zero-order valence-corrected chi connectivity index (χ0v) is 22.7. The number of methoxy groups -OCH3 is 1. The highest BCUT2D eigenvalue weighted by atomic mass is 16.5. The third kappa shape index (κ3) is 6.02. The molecule has 0 spiro atoms. The Morgan fingerprint density at radius 3 is 2.81 bits per heavy atom. The number of fused-ring (bicyclic) bond motifs is 4. The van der Waals surface area contributed by atoms with E-state index in [1.165, 1.54) is 50.8 Å². The molecule has 3 N–H and O–H groups in total. The Kier molecular flexibility index (Phi) is 8.15. The van der Waals surface area contributed by atoms with Crippen molar-refractivity contribution in [3.05, 3.63) is 41.6 Å². The number of likely N-dealkylation sites (tertiary alicyclic amines) is 1. The molecule has 0 aliphatic carbocycles. The summed E-state index contributed by atoms with van der Waals surface area (Å²) < 4.78 is 8.08. The Labute approximate surface area is 221 Å². The third-order valence-corrected chi connectivity index (χ3v) is 8.10. The van der Waals surface area contributed by atoms with Crippen LogP contribution in [-0.2, 0) is 13.1 Å². The van der Waals surface area contributed by atoms with Gasteiger partial charge in [-0.3, -0.25) is 4.90 Å². The van der Waals surface area contributed by atoms with Crippen LogP contribution in [0.4, 0.5) is 11.8 Å². The highest BCUT2D eigenvalue weighted by Gasteiger charge is 2.30. The first-order valence-electron chi connectivity index (χ1n) is 14.0. The summed E-state index contributed by atoms with van der Waals surface area (Å²) >= 11 is 0. The minimum atomic E-state index is 0.300. The van der Waals surface area contributed by atoms with Crippen LogP contribution in [0.1, 0.15) is 56.6 Å². The average Bonchev–Trinajstić information content (AvgIpc) is 3.10. The van der Waals surface area contributed by atoms with Crippen molar-refractivity contribution in [2.45, 2.75) is 64.6 Å². The molecule has 2 atom stereocenters. The Morgan fingerprint density at radius 2 is 1.97 bits per heavy atom. The smallest absolute Gasteiger partial charge is 0.222 e. The summed E-state index contributed by atoms with van der Waals surface area (Å²) in [5.41, 5.74) is 10.3. The second kappa shape index (κ2) is 11.7. The van der Waals surface area contributed by atoms with E-state index in [2.05, 4.69) is 68.0 Å². The van der Waals surface area contributed by atoms with Crippen molar-refractivity contribution in [2.75, 3.05) is 51.4 Å². The third-order valence-electron chi connectivity index (χ3n) is 8.10. The number of rotatable bonds is 10. The van der Waals surface area contributed by atoms with Crippen LogP contribution in [0.5, 0.6) is 5.75 Å². The molecule has 2 aromatic heterocycles. The average molecular weight is 506 g/mol. The van der Waals surface area contributed by atoms with Gasteiger partial charge in [0.1, 0.15) is 11.3 Å². The first kappa shape index (κ1) is 25.8. The molecule has 2 fully saturated rings. The van der Waals surface area contributed by atoms with E-state index in [1.54, 1.807) is 7.11 Å². The molecule has 0 radical (unpaired) electrons. The fraction of sp³-hybridized carbons (Fsp3) is 0.586. The summed E-state index contributed by atoms with van der Waals surface area (Å²) in [6.07, 6.45) is 9.60. The second-order valence-electron chi connectivity index (χ2n) is 11.0. The first-order chi connectivity index (χ1) is 18.0. The van der Waals surface area contributed by atoms with Crippen LogP contribution in [0.2, 0.25) is 0 Å². The van der Waals surface area contributed by atoms with E-state index in [0.29, 0.717) is 18.5 Å². The summed E-state index contributed by atoms with van der Waals surface area (Å²) in [5.74, 6) is 2.81. The maximum absolute atomic E-state index is 6.00. The molecule has 8 heteroatoms. The van der Waals surface area contributed by atoms with Crippen molar-refractivity contribution in [3.63, 3.8) is 0 Å². The Balaban J connectivity index is 1.34. The lowest BCUT2D eigenvalue weighted by Gasteiger charge is -2.30. The van der Waals surface area contributed by atoms with E-state index in [1.807, 2.05) is 6.07 Å². The molecule has 37 heavy (non-hydrogen) atoms. The summed E-state index contributed by atoms with van der Waals surface area (Å²) in [7, 11) is 4.08. The Hall–Kier alpha value is -2.84. The number of nitrogens with two attached hydrogens (primary N) is 1. The van der Waals surface area contributed by atoms with E-state index < -0.39 is 0 Å². The van der Waals surface area contributed by atoms with E-state index in [0.717, 1.165) is 60.1 Å². The highest BCUT2D eigenvalue weighted by molar-refractivity contribution is 5.87. The molecule has 2 unspecified atom stereocenters. The molecule has 2 aliphatic heterocycles. The normalized spacial score (nSPS) is 20.7. The number of unbranched alkanes of at least 4 members (excludes halogenated alkanes) is 2.